The maximum Gasteiger partial charge on any atom is 0.272 e. The predicted octanol–water partition coefficient (Wildman–Crippen LogP) is 2.41. The third-order valence-corrected chi connectivity index (χ3v) is 7.68. The quantitative estimate of drug-likeness (QED) is 0.449. The number of nitrogens with zero attached hydrogens (tertiary/aromatic N) is 5. The molecule has 0 N–H and O–H groups in total. The zero-order valence-corrected chi connectivity index (χ0v) is 17.3. The van der Waals surface area contributed by atoms with Crippen molar-refractivity contribution in [1.29, 1.82) is 0 Å². The van der Waals surface area contributed by atoms with Gasteiger partial charge in [0.05, 0.1) is 16.7 Å². The summed E-state index contributed by atoms with van der Waals surface area (Å²) in [6.07, 6.45) is 0. The van der Waals surface area contributed by atoms with Gasteiger partial charge in [-0.25, -0.2) is 8.42 Å². The van der Waals surface area contributed by atoms with Crippen molar-refractivity contribution in [3.63, 3.8) is 0 Å². The maximum absolute atomic E-state index is 13.1. The highest BCUT2D eigenvalue weighted by molar-refractivity contribution is 7.89. The first-order chi connectivity index (χ1) is 13.9. The van der Waals surface area contributed by atoms with Gasteiger partial charge in [-0.15, -0.1) is 0 Å². The fraction of sp³-hybridized carbons (Fsp3) is 0.333. The number of nitro groups is 1. The predicted molar refractivity (Wildman–Crippen MR) is 109 cm³/mol. The van der Waals surface area contributed by atoms with Gasteiger partial charge in [-0.05, 0) is 24.6 Å². The lowest BCUT2D eigenvalue weighted by atomic mass is 10.1. The molecule has 0 spiro atoms. The maximum atomic E-state index is 13.1. The standard InChI is InChI=1S/C18H19N5O4S2/c1-13-14(4-2-6-16(13)23(24)25)12-21-8-10-22(11-9-21)29(26,27)17-7-3-5-15-18(17)20-28-19-15/h2-7H,8-12H2,1H3. The first-order valence-corrected chi connectivity index (χ1v) is 11.2. The Bertz CT molecular complexity index is 1170. The van der Waals surface area contributed by atoms with Crippen LogP contribution in [0.1, 0.15) is 11.1 Å². The van der Waals surface area contributed by atoms with Crippen molar-refractivity contribution in [2.24, 2.45) is 0 Å². The highest BCUT2D eigenvalue weighted by Gasteiger charge is 2.31. The number of rotatable bonds is 5. The number of piperazine rings is 1. The van der Waals surface area contributed by atoms with Crippen LogP contribution in [0.15, 0.2) is 41.3 Å². The summed E-state index contributed by atoms with van der Waals surface area (Å²) in [6, 6.07) is 10.1. The molecule has 0 amide bonds. The second kappa shape index (κ2) is 7.75. The van der Waals surface area contributed by atoms with Crippen molar-refractivity contribution in [2.75, 3.05) is 26.2 Å². The average molecular weight is 434 g/mol. The van der Waals surface area contributed by atoms with Crippen LogP contribution >= 0.6 is 11.7 Å². The molecule has 1 saturated heterocycles. The van der Waals surface area contributed by atoms with E-state index in [2.05, 4.69) is 13.6 Å². The van der Waals surface area contributed by atoms with E-state index in [-0.39, 0.29) is 15.5 Å². The Balaban J connectivity index is 1.48. The summed E-state index contributed by atoms with van der Waals surface area (Å²) in [5.41, 5.74) is 2.63. The average Bonchev–Trinajstić information content (AvgIpc) is 3.18. The molecule has 3 aromatic rings. The SMILES string of the molecule is Cc1c(CN2CCN(S(=O)(=O)c3cccc4nsnc34)CC2)cccc1[N+](=O)[O-]. The molecule has 2 heterocycles. The Labute approximate surface area is 172 Å². The van der Waals surface area contributed by atoms with Crippen LogP contribution in [0.25, 0.3) is 11.0 Å². The zero-order chi connectivity index (χ0) is 20.6. The van der Waals surface area contributed by atoms with Crippen molar-refractivity contribution in [1.82, 2.24) is 18.0 Å². The van der Waals surface area contributed by atoms with Gasteiger partial charge in [0.15, 0.2) is 0 Å². The molecule has 4 rings (SSSR count). The van der Waals surface area contributed by atoms with Crippen molar-refractivity contribution >= 4 is 38.5 Å². The monoisotopic (exact) mass is 433 g/mol. The Morgan fingerprint density at radius 3 is 2.55 bits per heavy atom. The molecule has 0 atom stereocenters. The van der Waals surface area contributed by atoms with Crippen LogP contribution in [0.3, 0.4) is 0 Å². The van der Waals surface area contributed by atoms with Crippen molar-refractivity contribution in [2.45, 2.75) is 18.4 Å². The molecular formula is C18H19N5O4S2. The number of nitro benzene ring substituents is 1. The lowest BCUT2D eigenvalue weighted by Crippen LogP contribution is -2.48. The molecule has 0 saturated carbocycles. The number of fused-ring (bicyclic) bond motifs is 1. The Morgan fingerprint density at radius 2 is 1.83 bits per heavy atom. The second-order valence-corrected chi connectivity index (χ2v) is 9.32. The Morgan fingerprint density at radius 1 is 1.10 bits per heavy atom. The topological polar surface area (TPSA) is 110 Å². The van der Waals surface area contributed by atoms with E-state index in [9.17, 15) is 18.5 Å². The van der Waals surface area contributed by atoms with Gasteiger partial charge in [-0.3, -0.25) is 15.0 Å². The summed E-state index contributed by atoms with van der Waals surface area (Å²) >= 11 is 0.997. The van der Waals surface area contributed by atoms with Gasteiger partial charge in [0.25, 0.3) is 5.69 Å². The van der Waals surface area contributed by atoms with Crippen LogP contribution in [-0.4, -0.2) is 57.5 Å². The van der Waals surface area contributed by atoms with Gasteiger partial charge >= 0.3 is 0 Å². The molecule has 1 fully saturated rings. The van der Waals surface area contributed by atoms with Gasteiger partial charge in [0, 0.05) is 44.4 Å². The van der Waals surface area contributed by atoms with Crippen molar-refractivity contribution in [3.8, 4) is 0 Å². The summed E-state index contributed by atoms with van der Waals surface area (Å²) in [5, 5.41) is 11.1. The molecule has 152 valence electrons. The molecule has 11 heteroatoms. The van der Waals surface area contributed by atoms with E-state index >= 15 is 0 Å². The molecular weight excluding hydrogens is 414 g/mol. The summed E-state index contributed by atoms with van der Waals surface area (Å²) in [6.45, 7) is 4.09. The number of sulfonamides is 1. The zero-order valence-electron chi connectivity index (χ0n) is 15.7. The molecule has 0 aliphatic carbocycles. The van der Waals surface area contributed by atoms with Gasteiger partial charge < -0.3 is 0 Å². The van der Waals surface area contributed by atoms with Crippen LogP contribution < -0.4 is 0 Å². The first kappa shape index (κ1) is 19.8. The van der Waals surface area contributed by atoms with Gasteiger partial charge in [-0.1, -0.05) is 18.2 Å². The first-order valence-electron chi connectivity index (χ1n) is 9.04. The van der Waals surface area contributed by atoms with E-state index in [0.29, 0.717) is 49.3 Å². The Kier molecular flexibility index (Phi) is 5.30. The van der Waals surface area contributed by atoms with E-state index in [1.54, 1.807) is 31.2 Å². The third kappa shape index (κ3) is 3.73. The number of benzene rings is 2. The molecule has 1 aliphatic rings. The molecule has 2 aromatic carbocycles. The summed E-state index contributed by atoms with van der Waals surface area (Å²) < 4.78 is 35.9. The number of aromatic nitrogens is 2. The third-order valence-electron chi connectivity index (χ3n) is 5.21. The smallest absolute Gasteiger partial charge is 0.272 e. The van der Waals surface area contributed by atoms with Gasteiger partial charge in [0.2, 0.25) is 10.0 Å². The molecule has 0 unspecified atom stereocenters. The molecule has 1 aliphatic heterocycles. The normalized spacial score (nSPS) is 16.3. The van der Waals surface area contributed by atoms with Crippen LogP contribution in [-0.2, 0) is 16.6 Å². The lowest BCUT2D eigenvalue weighted by molar-refractivity contribution is -0.385. The molecule has 0 radical (unpaired) electrons. The van der Waals surface area contributed by atoms with Crippen LogP contribution in [0.5, 0.6) is 0 Å². The fourth-order valence-electron chi connectivity index (χ4n) is 3.54. The van der Waals surface area contributed by atoms with Crippen molar-refractivity contribution < 1.29 is 13.3 Å². The van der Waals surface area contributed by atoms with E-state index in [1.807, 2.05) is 6.07 Å². The molecule has 0 bridgehead atoms. The van der Waals surface area contributed by atoms with Gasteiger partial charge in [-0.2, -0.15) is 13.1 Å². The van der Waals surface area contributed by atoms with Crippen LogP contribution in [0.4, 0.5) is 5.69 Å². The largest absolute Gasteiger partial charge is 0.296 e. The minimum Gasteiger partial charge on any atom is -0.296 e. The van der Waals surface area contributed by atoms with E-state index in [4.69, 9.17) is 0 Å². The molecule has 9 nitrogen and oxygen atoms in total. The van der Waals surface area contributed by atoms with Crippen LogP contribution in [0, 0.1) is 17.0 Å². The lowest BCUT2D eigenvalue weighted by Gasteiger charge is -2.34. The summed E-state index contributed by atoms with van der Waals surface area (Å²) in [7, 11) is -3.66. The summed E-state index contributed by atoms with van der Waals surface area (Å²) in [5.74, 6) is 0. The molecule has 1 aromatic heterocycles. The van der Waals surface area contributed by atoms with Crippen LogP contribution in [0.2, 0.25) is 0 Å². The number of hydrogen-bond acceptors (Lipinski definition) is 8. The second-order valence-electron chi connectivity index (χ2n) is 6.89. The van der Waals surface area contributed by atoms with E-state index < -0.39 is 10.0 Å². The molecule has 29 heavy (non-hydrogen) atoms. The fourth-order valence-corrected chi connectivity index (χ4v) is 5.71. The minimum atomic E-state index is -3.66. The highest BCUT2D eigenvalue weighted by Crippen LogP contribution is 2.26. The van der Waals surface area contributed by atoms with E-state index in [1.165, 1.54) is 10.4 Å². The van der Waals surface area contributed by atoms with Gasteiger partial charge in [0.1, 0.15) is 15.9 Å². The highest BCUT2D eigenvalue weighted by atomic mass is 32.2. The van der Waals surface area contributed by atoms with E-state index in [0.717, 1.165) is 17.3 Å². The Hall–Kier alpha value is -2.47. The minimum absolute atomic E-state index is 0.105. The number of hydrogen-bond donors (Lipinski definition) is 0. The van der Waals surface area contributed by atoms with Crippen molar-refractivity contribution in [3.05, 3.63) is 57.6 Å². The summed E-state index contributed by atoms with van der Waals surface area (Å²) in [4.78, 5) is 13.1.